The van der Waals surface area contributed by atoms with Gasteiger partial charge in [-0.3, -0.25) is 0 Å². The molecule has 0 saturated carbocycles. The third kappa shape index (κ3) is 1.27. The molecule has 1 aliphatic rings. The topological polar surface area (TPSA) is 26.3 Å². The van der Waals surface area contributed by atoms with Gasteiger partial charge in [-0.2, -0.15) is 0 Å². The first-order valence-electron chi connectivity index (χ1n) is 4.42. The molecule has 1 aromatic heterocycles. The lowest BCUT2D eigenvalue weighted by atomic mass is 10.0. The highest BCUT2D eigenvalue weighted by molar-refractivity contribution is 7.10. The van der Waals surface area contributed by atoms with Crippen molar-refractivity contribution >= 4 is 17.3 Å². The van der Waals surface area contributed by atoms with Gasteiger partial charge in [-0.15, -0.1) is 11.3 Å². The molecule has 70 valence electrons. The Morgan fingerprint density at radius 3 is 3.15 bits per heavy atom. The SMILES string of the molecule is COC(=O)c1csc2c1C(C)CC2. The highest BCUT2D eigenvalue weighted by Crippen LogP contribution is 2.39. The number of carbonyl (C=O) groups excluding carboxylic acids is 1. The summed E-state index contributed by atoms with van der Waals surface area (Å²) in [5.41, 5.74) is 2.02. The summed E-state index contributed by atoms with van der Waals surface area (Å²) >= 11 is 1.69. The van der Waals surface area contributed by atoms with Gasteiger partial charge in [0.1, 0.15) is 0 Å². The maximum Gasteiger partial charge on any atom is 0.338 e. The predicted octanol–water partition coefficient (Wildman–Crippen LogP) is 2.58. The molecule has 1 atom stereocenters. The Hall–Kier alpha value is -0.830. The largest absolute Gasteiger partial charge is 0.465 e. The van der Waals surface area contributed by atoms with E-state index in [0.717, 1.165) is 12.0 Å². The van der Waals surface area contributed by atoms with Crippen LogP contribution in [0.25, 0.3) is 0 Å². The molecule has 1 unspecified atom stereocenters. The van der Waals surface area contributed by atoms with Crippen LogP contribution in [0.3, 0.4) is 0 Å². The third-order valence-corrected chi connectivity index (χ3v) is 3.67. The zero-order valence-electron chi connectivity index (χ0n) is 7.79. The summed E-state index contributed by atoms with van der Waals surface area (Å²) in [6.07, 6.45) is 2.30. The first-order chi connectivity index (χ1) is 6.24. The fourth-order valence-corrected chi connectivity index (χ4v) is 3.06. The van der Waals surface area contributed by atoms with Crippen molar-refractivity contribution in [3.63, 3.8) is 0 Å². The van der Waals surface area contributed by atoms with Gasteiger partial charge >= 0.3 is 5.97 Å². The van der Waals surface area contributed by atoms with Crippen LogP contribution in [0.1, 0.15) is 40.1 Å². The molecular weight excluding hydrogens is 184 g/mol. The second-order valence-corrected chi connectivity index (χ2v) is 4.38. The van der Waals surface area contributed by atoms with Crippen molar-refractivity contribution < 1.29 is 9.53 Å². The van der Waals surface area contributed by atoms with Crippen molar-refractivity contribution in [3.8, 4) is 0 Å². The van der Waals surface area contributed by atoms with Gasteiger partial charge in [-0.25, -0.2) is 4.79 Å². The molecule has 0 radical (unpaired) electrons. The molecule has 2 nitrogen and oxygen atoms in total. The first kappa shape index (κ1) is 8.75. The summed E-state index contributed by atoms with van der Waals surface area (Å²) in [5.74, 6) is 0.335. The molecule has 0 bridgehead atoms. The lowest BCUT2D eigenvalue weighted by Gasteiger charge is -2.04. The molecule has 0 saturated heterocycles. The summed E-state index contributed by atoms with van der Waals surface area (Å²) in [4.78, 5) is 12.7. The number of aryl methyl sites for hydroxylation is 1. The Bertz CT molecular complexity index is 341. The minimum Gasteiger partial charge on any atom is -0.465 e. The van der Waals surface area contributed by atoms with E-state index in [9.17, 15) is 4.79 Å². The van der Waals surface area contributed by atoms with Crippen LogP contribution in [0.4, 0.5) is 0 Å². The number of hydrogen-bond acceptors (Lipinski definition) is 3. The Labute approximate surface area is 81.5 Å². The van der Waals surface area contributed by atoms with E-state index in [1.165, 1.54) is 24.0 Å². The van der Waals surface area contributed by atoms with Gasteiger partial charge in [0, 0.05) is 10.3 Å². The lowest BCUT2D eigenvalue weighted by Crippen LogP contribution is -2.03. The van der Waals surface area contributed by atoms with Crippen LogP contribution in [-0.4, -0.2) is 13.1 Å². The zero-order valence-corrected chi connectivity index (χ0v) is 8.61. The van der Waals surface area contributed by atoms with E-state index in [0.29, 0.717) is 5.92 Å². The van der Waals surface area contributed by atoms with Gasteiger partial charge in [-0.1, -0.05) is 6.92 Å². The normalized spacial score (nSPS) is 20.0. The standard InChI is InChI=1S/C10H12O2S/c1-6-3-4-8-9(6)7(5-13-8)10(11)12-2/h5-6H,3-4H2,1-2H3. The molecule has 0 aromatic carbocycles. The summed E-state index contributed by atoms with van der Waals surface area (Å²) in [7, 11) is 1.44. The van der Waals surface area contributed by atoms with Crippen molar-refractivity contribution in [1.29, 1.82) is 0 Å². The molecule has 0 fully saturated rings. The molecule has 3 heteroatoms. The van der Waals surface area contributed by atoms with E-state index in [1.807, 2.05) is 5.38 Å². The van der Waals surface area contributed by atoms with Gasteiger partial charge in [-0.05, 0) is 24.3 Å². The number of hydrogen-bond donors (Lipinski definition) is 0. The zero-order chi connectivity index (χ0) is 9.42. The number of carbonyl (C=O) groups is 1. The average Bonchev–Trinajstić information content (AvgIpc) is 2.68. The van der Waals surface area contributed by atoms with Gasteiger partial charge in [0.15, 0.2) is 0 Å². The quantitative estimate of drug-likeness (QED) is 0.645. The smallest absolute Gasteiger partial charge is 0.338 e. The van der Waals surface area contributed by atoms with Crippen LogP contribution in [0.2, 0.25) is 0 Å². The third-order valence-electron chi connectivity index (χ3n) is 2.61. The number of thiophene rings is 1. The Morgan fingerprint density at radius 2 is 2.46 bits per heavy atom. The van der Waals surface area contributed by atoms with Crippen molar-refractivity contribution in [2.45, 2.75) is 25.7 Å². The van der Waals surface area contributed by atoms with E-state index < -0.39 is 0 Å². The number of methoxy groups -OCH3 is 1. The van der Waals surface area contributed by atoms with E-state index in [-0.39, 0.29) is 5.97 Å². The van der Waals surface area contributed by atoms with Gasteiger partial charge in [0.25, 0.3) is 0 Å². The average molecular weight is 196 g/mol. The van der Waals surface area contributed by atoms with Gasteiger partial charge in [0.2, 0.25) is 0 Å². The molecule has 0 N–H and O–H groups in total. The summed E-state index contributed by atoms with van der Waals surface area (Å²) in [6.45, 7) is 2.17. The number of esters is 1. The van der Waals surface area contributed by atoms with E-state index in [4.69, 9.17) is 4.74 Å². The van der Waals surface area contributed by atoms with Gasteiger partial charge < -0.3 is 4.74 Å². The first-order valence-corrected chi connectivity index (χ1v) is 5.30. The van der Waals surface area contributed by atoms with Gasteiger partial charge in [0.05, 0.1) is 12.7 Å². The number of fused-ring (bicyclic) bond motifs is 1. The molecule has 13 heavy (non-hydrogen) atoms. The highest BCUT2D eigenvalue weighted by atomic mass is 32.1. The molecule has 0 aliphatic heterocycles. The Balaban J connectivity index is 2.43. The van der Waals surface area contributed by atoms with Crippen LogP contribution >= 0.6 is 11.3 Å². The maximum absolute atomic E-state index is 11.4. The van der Waals surface area contributed by atoms with Crippen molar-refractivity contribution in [3.05, 3.63) is 21.4 Å². The number of ether oxygens (including phenoxy) is 1. The molecule has 0 amide bonds. The molecule has 1 aromatic rings. The van der Waals surface area contributed by atoms with Crippen LogP contribution < -0.4 is 0 Å². The molecule has 2 rings (SSSR count). The summed E-state index contributed by atoms with van der Waals surface area (Å²) < 4.78 is 4.74. The minimum absolute atomic E-state index is 0.189. The van der Waals surface area contributed by atoms with Crippen LogP contribution in [-0.2, 0) is 11.2 Å². The van der Waals surface area contributed by atoms with Crippen molar-refractivity contribution in [2.24, 2.45) is 0 Å². The van der Waals surface area contributed by atoms with Crippen molar-refractivity contribution in [1.82, 2.24) is 0 Å². The summed E-state index contributed by atoms with van der Waals surface area (Å²) in [5, 5.41) is 1.92. The van der Waals surface area contributed by atoms with Crippen LogP contribution in [0.15, 0.2) is 5.38 Å². The van der Waals surface area contributed by atoms with E-state index in [2.05, 4.69) is 6.92 Å². The lowest BCUT2D eigenvalue weighted by molar-refractivity contribution is 0.0600. The fourth-order valence-electron chi connectivity index (χ4n) is 1.90. The molecule has 1 heterocycles. The highest BCUT2D eigenvalue weighted by Gasteiger charge is 2.27. The maximum atomic E-state index is 11.4. The summed E-state index contributed by atoms with van der Waals surface area (Å²) in [6, 6.07) is 0. The minimum atomic E-state index is -0.189. The van der Waals surface area contributed by atoms with E-state index >= 15 is 0 Å². The van der Waals surface area contributed by atoms with Crippen LogP contribution in [0.5, 0.6) is 0 Å². The molecule has 1 aliphatic carbocycles. The Kier molecular flexibility index (Phi) is 2.12. The predicted molar refractivity (Wildman–Crippen MR) is 52.4 cm³/mol. The van der Waals surface area contributed by atoms with E-state index in [1.54, 1.807) is 11.3 Å². The van der Waals surface area contributed by atoms with Crippen LogP contribution in [0, 0.1) is 0 Å². The molecular formula is C10H12O2S. The molecule has 0 spiro atoms. The fraction of sp³-hybridized carbons (Fsp3) is 0.500. The Morgan fingerprint density at radius 1 is 1.69 bits per heavy atom. The number of rotatable bonds is 1. The van der Waals surface area contributed by atoms with Crippen molar-refractivity contribution in [2.75, 3.05) is 7.11 Å². The second-order valence-electron chi connectivity index (χ2n) is 3.42. The monoisotopic (exact) mass is 196 g/mol. The second kappa shape index (κ2) is 3.14.